The Bertz CT molecular complexity index is 1340. The number of benzene rings is 2. The number of rotatable bonds is 5. The summed E-state index contributed by atoms with van der Waals surface area (Å²) in [5.74, 6) is 0.443. The van der Waals surface area contributed by atoms with E-state index in [1.54, 1.807) is 23.8 Å². The Morgan fingerprint density at radius 1 is 0.968 bits per heavy atom. The van der Waals surface area contributed by atoms with Crippen LogP contribution >= 0.6 is 11.6 Å². The van der Waals surface area contributed by atoms with Gasteiger partial charge in [0.25, 0.3) is 0 Å². The number of halogens is 2. The zero-order valence-corrected chi connectivity index (χ0v) is 17.4. The molecule has 0 radical (unpaired) electrons. The highest BCUT2D eigenvalue weighted by atomic mass is 35.5. The molecule has 0 fully saturated rings. The molecule has 5 aromatic rings. The fourth-order valence-corrected chi connectivity index (χ4v) is 3.77. The van der Waals surface area contributed by atoms with Gasteiger partial charge in [0.1, 0.15) is 11.6 Å². The van der Waals surface area contributed by atoms with E-state index in [4.69, 9.17) is 26.4 Å². The number of methoxy groups -OCH3 is 1. The minimum Gasteiger partial charge on any atom is -0.378 e. The first-order valence-electron chi connectivity index (χ1n) is 9.71. The first-order valence-corrected chi connectivity index (χ1v) is 10.1. The molecule has 5 rings (SSSR count). The van der Waals surface area contributed by atoms with Gasteiger partial charge in [-0.25, -0.2) is 13.9 Å². The van der Waals surface area contributed by atoms with Gasteiger partial charge in [-0.3, -0.25) is 0 Å². The number of hydrogen-bond donors (Lipinski definition) is 0. The van der Waals surface area contributed by atoms with E-state index in [2.05, 4.69) is 0 Å². The Labute approximate surface area is 183 Å². The maximum absolute atomic E-state index is 13.6. The number of fused-ring (bicyclic) bond motifs is 1. The van der Waals surface area contributed by atoms with E-state index in [0.29, 0.717) is 17.3 Å². The van der Waals surface area contributed by atoms with E-state index in [0.717, 1.165) is 33.9 Å². The second-order valence-corrected chi connectivity index (χ2v) is 7.53. The second kappa shape index (κ2) is 7.98. The van der Waals surface area contributed by atoms with Crippen LogP contribution in [0.1, 0.15) is 5.69 Å². The third-order valence-electron chi connectivity index (χ3n) is 5.07. The van der Waals surface area contributed by atoms with Crippen molar-refractivity contribution in [3.63, 3.8) is 0 Å². The predicted molar refractivity (Wildman–Crippen MR) is 119 cm³/mol. The van der Waals surface area contributed by atoms with Crippen molar-refractivity contribution in [3.05, 3.63) is 95.7 Å². The Morgan fingerprint density at radius 2 is 1.65 bits per heavy atom. The molecule has 0 atom stereocenters. The number of nitrogens with zero attached hydrogens (tertiary/aromatic N) is 4. The minimum atomic E-state index is -0.290. The van der Waals surface area contributed by atoms with Gasteiger partial charge in [-0.1, -0.05) is 23.7 Å². The molecule has 0 spiro atoms. The van der Waals surface area contributed by atoms with Crippen LogP contribution in [-0.4, -0.2) is 26.3 Å². The van der Waals surface area contributed by atoms with E-state index in [9.17, 15) is 4.39 Å². The highest BCUT2D eigenvalue weighted by Crippen LogP contribution is 2.33. The Kier molecular flexibility index (Phi) is 5.02. The molecule has 3 aromatic heterocycles. The SMILES string of the molecule is COCc1nn2c(-c3ccc(F)cc3)cc(-n3cccc3)nc2c1-c1ccc(Cl)cc1. The lowest BCUT2D eigenvalue weighted by Crippen LogP contribution is -2.02. The third-order valence-corrected chi connectivity index (χ3v) is 5.32. The molecule has 0 saturated carbocycles. The molecule has 0 aliphatic heterocycles. The van der Waals surface area contributed by atoms with Crippen LogP contribution in [-0.2, 0) is 11.3 Å². The largest absolute Gasteiger partial charge is 0.378 e. The van der Waals surface area contributed by atoms with Crippen LogP contribution in [0.2, 0.25) is 5.02 Å². The van der Waals surface area contributed by atoms with Crippen molar-refractivity contribution in [3.8, 4) is 28.2 Å². The van der Waals surface area contributed by atoms with Crippen molar-refractivity contribution in [2.24, 2.45) is 0 Å². The predicted octanol–water partition coefficient (Wildman–Crippen LogP) is 5.79. The van der Waals surface area contributed by atoms with Gasteiger partial charge in [-0.05, 0) is 54.1 Å². The summed E-state index contributed by atoms with van der Waals surface area (Å²) in [4.78, 5) is 4.92. The zero-order chi connectivity index (χ0) is 21.4. The maximum Gasteiger partial charge on any atom is 0.166 e. The topological polar surface area (TPSA) is 44.4 Å². The minimum absolute atomic E-state index is 0.290. The highest BCUT2D eigenvalue weighted by Gasteiger charge is 2.20. The second-order valence-electron chi connectivity index (χ2n) is 7.09. The molecule has 0 unspecified atom stereocenters. The number of ether oxygens (including phenoxy) is 1. The summed E-state index contributed by atoms with van der Waals surface area (Å²) < 4.78 is 22.7. The molecular formula is C24H18ClFN4O. The lowest BCUT2D eigenvalue weighted by molar-refractivity contribution is 0.181. The van der Waals surface area contributed by atoms with Crippen molar-refractivity contribution in [2.45, 2.75) is 6.61 Å². The molecule has 2 aromatic carbocycles. The highest BCUT2D eigenvalue weighted by molar-refractivity contribution is 6.30. The van der Waals surface area contributed by atoms with Gasteiger partial charge in [-0.15, -0.1) is 0 Å². The average molecular weight is 433 g/mol. The molecule has 31 heavy (non-hydrogen) atoms. The van der Waals surface area contributed by atoms with Crippen LogP contribution in [0.3, 0.4) is 0 Å². The quantitative estimate of drug-likeness (QED) is 0.353. The fraction of sp³-hybridized carbons (Fsp3) is 0.0833. The molecule has 0 aliphatic rings. The van der Waals surface area contributed by atoms with Crippen LogP contribution in [0.25, 0.3) is 33.8 Å². The summed E-state index contributed by atoms with van der Waals surface area (Å²) in [6.45, 7) is 0.322. The monoisotopic (exact) mass is 432 g/mol. The summed E-state index contributed by atoms with van der Waals surface area (Å²) in [5, 5.41) is 5.47. The lowest BCUT2D eigenvalue weighted by Gasteiger charge is -2.10. The fourth-order valence-electron chi connectivity index (χ4n) is 3.64. The van der Waals surface area contributed by atoms with Gasteiger partial charge < -0.3 is 9.30 Å². The van der Waals surface area contributed by atoms with Crippen molar-refractivity contribution < 1.29 is 9.13 Å². The molecule has 0 bridgehead atoms. The molecule has 7 heteroatoms. The molecule has 0 saturated heterocycles. The van der Waals surface area contributed by atoms with Gasteiger partial charge in [-0.2, -0.15) is 5.10 Å². The van der Waals surface area contributed by atoms with E-state index in [1.165, 1.54) is 12.1 Å². The van der Waals surface area contributed by atoms with E-state index in [-0.39, 0.29) is 5.82 Å². The van der Waals surface area contributed by atoms with Gasteiger partial charge >= 0.3 is 0 Å². The Balaban J connectivity index is 1.84. The van der Waals surface area contributed by atoms with Crippen LogP contribution in [0.4, 0.5) is 4.39 Å². The van der Waals surface area contributed by atoms with Crippen molar-refractivity contribution in [1.29, 1.82) is 0 Å². The molecule has 3 heterocycles. The van der Waals surface area contributed by atoms with Crippen molar-refractivity contribution in [1.82, 2.24) is 19.2 Å². The Hall–Kier alpha value is -3.48. The van der Waals surface area contributed by atoms with Gasteiger partial charge in [0, 0.05) is 36.2 Å². The van der Waals surface area contributed by atoms with E-state index >= 15 is 0 Å². The normalized spacial score (nSPS) is 11.3. The summed E-state index contributed by atoms with van der Waals surface area (Å²) in [7, 11) is 1.63. The first-order chi connectivity index (χ1) is 15.1. The molecule has 5 nitrogen and oxygen atoms in total. The zero-order valence-electron chi connectivity index (χ0n) is 16.7. The van der Waals surface area contributed by atoms with Gasteiger partial charge in [0.2, 0.25) is 0 Å². The molecule has 0 N–H and O–H groups in total. The van der Waals surface area contributed by atoms with Crippen LogP contribution in [0.15, 0.2) is 79.1 Å². The average Bonchev–Trinajstić information content (AvgIpc) is 3.43. The van der Waals surface area contributed by atoms with Crippen molar-refractivity contribution in [2.75, 3.05) is 7.11 Å². The van der Waals surface area contributed by atoms with E-state index < -0.39 is 0 Å². The number of aromatic nitrogens is 4. The van der Waals surface area contributed by atoms with Crippen LogP contribution < -0.4 is 0 Å². The first kappa shape index (κ1) is 19.5. The van der Waals surface area contributed by atoms with E-state index in [1.807, 2.05) is 59.4 Å². The molecular weight excluding hydrogens is 415 g/mol. The van der Waals surface area contributed by atoms with Crippen LogP contribution in [0.5, 0.6) is 0 Å². The number of hydrogen-bond acceptors (Lipinski definition) is 3. The smallest absolute Gasteiger partial charge is 0.166 e. The standard InChI is InChI=1S/C24H18ClFN4O/c1-31-15-20-23(17-4-8-18(25)9-5-17)24-27-22(29-12-2-3-13-29)14-21(30(24)28-20)16-6-10-19(26)11-7-16/h2-14H,15H2,1H3. The maximum atomic E-state index is 13.6. The lowest BCUT2D eigenvalue weighted by atomic mass is 10.1. The van der Waals surface area contributed by atoms with Gasteiger partial charge in [0.15, 0.2) is 5.65 Å². The third kappa shape index (κ3) is 3.60. The summed E-state index contributed by atoms with van der Waals surface area (Å²) >= 11 is 6.11. The molecule has 0 amide bonds. The van der Waals surface area contributed by atoms with Crippen molar-refractivity contribution >= 4 is 17.2 Å². The summed E-state index contributed by atoms with van der Waals surface area (Å²) in [5.41, 5.74) is 4.87. The molecule has 0 aliphatic carbocycles. The summed E-state index contributed by atoms with van der Waals surface area (Å²) in [6.07, 6.45) is 3.86. The van der Waals surface area contributed by atoms with Gasteiger partial charge in [0.05, 0.1) is 23.6 Å². The Morgan fingerprint density at radius 3 is 2.32 bits per heavy atom. The van der Waals surface area contributed by atoms with Crippen LogP contribution in [0, 0.1) is 5.82 Å². The molecule has 154 valence electrons. The summed E-state index contributed by atoms with van der Waals surface area (Å²) in [6, 6.07) is 19.8.